The highest BCUT2D eigenvalue weighted by Gasteiger charge is 2.49. The lowest BCUT2D eigenvalue weighted by Crippen LogP contribution is -2.55. The molecule has 11 heteroatoms. The summed E-state index contributed by atoms with van der Waals surface area (Å²) in [6, 6.07) is -0.428. The molecule has 0 aromatic rings. The molecule has 0 aromatic carbocycles. The summed E-state index contributed by atoms with van der Waals surface area (Å²) in [5, 5.41) is 8.42. The average Bonchev–Trinajstić information content (AvgIpc) is 3.26. The molecule has 28 heavy (non-hydrogen) atoms. The monoisotopic (exact) mass is 527 g/mol. The van der Waals surface area contributed by atoms with Gasteiger partial charge in [-0.3, -0.25) is 15.1 Å². The van der Waals surface area contributed by atoms with Gasteiger partial charge in [0.05, 0.1) is 5.75 Å². The Morgan fingerprint density at radius 1 is 1.29 bits per heavy atom. The summed E-state index contributed by atoms with van der Waals surface area (Å²) in [4.78, 5) is 30.1. The van der Waals surface area contributed by atoms with Crippen molar-refractivity contribution >= 4 is 51.7 Å². The van der Waals surface area contributed by atoms with Crippen molar-refractivity contribution in [3.8, 4) is 0 Å². The van der Waals surface area contributed by atoms with Crippen molar-refractivity contribution in [3.05, 3.63) is 0 Å². The van der Waals surface area contributed by atoms with Gasteiger partial charge in [-0.1, -0.05) is 0 Å². The number of rotatable bonds is 5. The topological polar surface area (TPSA) is 120 Å². The Balaban J connectivity index is 0.00000280. The second-order valence-electron chi connectivity index (χ2n) is 8.34. The molecule has 2 saturated heterocycles. The number of halogens is 1. The van der Waals surface area contributed by atoms with Crippen LogP contribution < -0.4 is 16.0 Å². The van der Waals surface area contributed by atoms with Crippen molar-refractivity contribution in [2.24, 2.45) is 16.3 Å². The molecule has 3 N–H and O–H groups in total. The van der Waals surface area contributed by atoms with E-state index < -0.39 is 21.4 Å². The first-order valence-corrected chi connectivity index (χ1v) is 11.4. The minimum Gasteiger partial charge on any atom is -0.356 e. The lowest BCUT2D eigenvalue weighted by molar-refractivity contribution is -0.125. The number of nitrogens with one attached hydrogen (secondary N) is 3. The molecule has 1 saturated carbocycles. The minimum absolute atomic E-state index is 0. The molecule has 2 aliphatic heterocycles. The molecule has 1 unspecified atom stereocenters. The fourth-order valence-electron chi connectivity index (χ4n) is 4.22. The maximum Gasteiger partial charge on any atom is 0.322 e. The van der Waals surface area contributed by atoms with E-state index in [1.54, 1.807) is 14.0 Å². The van der Waals surface area contributed by atoms with Crippen LogP contribution in [0.25, 0.3) is 0 Å². The Hall–Kier alpha value is -1.11. The molecule has 3 fully saturated rings. The Kier molecular flexibility index (Phi) is 6.89. The lowest BCUT2D eigenvalue weighted by Gasteiger charge is -2.40. The van der Waals surface area contributed by atoms with E-state index in [0.29, 0.717) is 6.54 Å². The van der Waals surface area contributed by atoms with Gasteiger partial charge in [0.15, 0.2) is 5.96 Å². The highest BCUT2D eigenvalue weighted by atomic mass is 127. The van der Waals surface area contributed by atoms with Crippen molar-refractivity contribution in [2.75, 3.05) is 38.7 Å². The third-order valence-corrected chi connectivity index (χ3v) is 7.18. The van der Waals surface area contributed by atoms with Crippen molar-refractivity contribution < 1.29 is 18.0 Å². The van der Waals surface area contributed by atoms with Crippen LogP contribution in [0, 0.1) is 11.3 Å². The van der Waals surface area contributed by atoms with E-state index in [2.05, 4.69) is 25.8 Å². The molecule has 3 amide bonds. The number of piperidine rings is 1. The van der Waals surface area contributed by atoms with Crippen molar-refractivity contribution in [2.45, 2.75) is 38.1 Å². The predicted molar refractivity (Wildman–Crippen MR) is 118 cm³/mol. The van der Waals surface area contributed by atoms with E-state index in [1.165, 1.54) is 6.26 Å². The third kappa shape index (κ3) is 5.08. The molecule has 0 radical (unpaired) electrons. The molecule has 0 bridgehead atoms. The zero-order valence-corrected chi connectivity index (χ0v) is 19.7. The molecule has 0 aromatic heterocycles. The zero-order chi connectivity index (χ0) is 19.9. The largest absolute Gasteiger partial charge is 0.356 e. The maximum absolute atomic E-state index is 12.1. The standard InChI is InChI=1S/C17H29N5O4S.HI/c1-16(13(23)20-15(24)21-16)12-4-8-22(9-5-12)14(18-2)19-10-17(6-7-17)11-27(3,25)26;/h12H,4-11H2,1-3H3,(H,18,19)(H2,20,21,23,24);1H. The van der Waals surface area contributed by atoms with Crippen LogP contribution in [0.1, 0.15) is 32.6 Å². The smallest absolute Gasteiger partial charge is 0.322 e. The lowest BCUT2D eigenvalue weighted by atomic mass is 9.79. The van der Waals surface area contributed by atoms with Crippen LogP contribution in [0.3, 0.4) is 0 Å². The van der Waals surface area contributed by atoms with Gasteiger partial charge < -0.3 is 15.5 Å². The summed E-state index contributed by atoms with van der Waals surface area (Å²) >= 11 is 0. The van der Waals surface area contributed by atoms with Gasteiger partial charge in [-0.15, -0.1) is 24.0 Å². The van der Waals surface area contributed by atoms with Gasteiger partial charge in [0, 0.05) is 38.4 Å². The number of imide groups is 1. The molecule has 1 atom stereocenters. The Bertz CT molecular complexity index is 760. The average molecular weight is 527 g/mol. The van der Waals surface area contributed by atoms with Gasteiger partial charge in [-0.25, -0.2) is 13.2 Å². The van der Waals surface area contributed by atoms with Gasteiger partial charge in [0.2, 0.25) is 0 Å². The van der Waals surface area contributed by atoms with Crippen LogP contribution in [0.4, 0.5) is 4.79 Å². The molecule has 3 rings (SSSR count). The second kappa shape index (κ2) is 8.33. The van der Waals surface area contributed by atoms with Crippen LogP contribution >= 0.6 is 24.0 Å². The van der Waals surface area contributed by atoms with Gasteiger partial charge in [0.25, 0.3) is 5.91 Å². The van der Waals surface area contributed by atoms with E-state index in [-0.39, 0.29) is 47.0 Å². The molecule has 160 valence electrons. The van der Waals surface area contributed by atoms with Crippen LogP contribution in [-0.4, -0.2) is 75.4 Å². The molecule has 3 aliphatic rings. The number of hydrogen-bond donors (Lipinski definition) is 3. The van der Waals surface area contributed by atoms with Gasteiger partial charge in [-0.05, 0) is 38.5 Å². The van der Waals surface area contributed by atoms with Crippen molar-refractivity contribution in [1.29, 1.82) is 0 Å². The number of carbonyl (C=O) groups is 2. The second-order valence-corrected chi connectivity index (χ2v) is 10.5. The number of sulfone groups is 1. The summed E-state index contributed by atoms with van der Waals surface area (Å²) in [6.45, 7) is 3.83. The molecule has 1 aliphatic carbocycles. The van der Waals surface area contributed by atoms with E-state index >= 15 is 0 Å². The minimum atomic E-state index is -3.00. The number of hydrogen-bond acceptors (Lipinski definition) is 5. The van der Waals surface area contributed by atoms with Gasteiger partial charge in [-0.2, -0.15) is 0 Å². The Morgan fingerprint density at radius 3 is 2.32 bits per heavy atom. The SMILES string of the molecule is CN=C(NCC1(CS(C)(=O)=O)CC1)N1CCC(C2(C)NC(=O)NC2=O)CC1.I. The molecular weight excluding hydrogens is 497 g/mol. The number of nitrogens with zero attached hydrogens (tertiary/aromatic N) is 2. The van der Waals surface area contributed by atoms with E-state index in [4.69, 9.17) is 0 Å². The predicted octanol–water partition coefficient (Wildman–Crippen LogP) is 0.315. The van der Waals surface area contributed by atoms with Gasteiger partial charge >= 0.3 is 6.03 Å². The first-order valence-electron chi connectivity index (χ1n) is 9.34. The van der Waals surface area contributed by atoms with E-state index in [9.17, 15) is 18.0 Å². The molecule has 9 nitrogen and oxygen atoms in total. The number of carbonyl (C=O) groups excluding carboxylic acids is 2. The molecule has 2 heterocycles. The summed E-state index contributed by atoms with van der Waals surface area (Å²) in [5.74, 6) is 0.778. The van der Waals surface area contributed by atoms with Crippen LogP contribution in [0.5, 0.6) is 0 Å². The number of urea groups is 1. The quantitative estimate of drug-likeness (QED) is 0.205. The maximum atomic E-state index is 12.1. The normalized spacial score (nSPS) is 27.7. The van der Waals surface area contributed by atoms with Crippen molar-refractivity contribution in [1.82, 2.24) is 20.9 Å². The first kappa shape index (κ1) is 23.2. The number of amides is 3. The van der Waals surface area contributed by atoms with Gasteiger partial charge in [0.1, 0.15) is 15.4 Å². The highest BCUT2D eigenvalue weighted by molar-refractivity contribution is 14.0. The van der Waals surface area contributed by atoms with Crippen LogP contribution in [-0.2, 0) is 14.6 Å². The molecular formula is C17H30IN5O4S. The Morgan fingerprint density at radius 2 is 1.89 bits per heavy atom. The highest BCUT2D eigenvalue weighted by Crippen LogP contribution is 2.46. The molecule has 0 spiro atoms. The van der Waals surface area contributed by atoms with Crippen LogP contribution in [0.15, 0.2) is 4.99 Å². The third-order valence-electron chi connectivity index (χ3n) is 6.04. The first-order chi connectivity index (χ1) is 12.6. The van der Waals surface area contributed by atoms with Crippen molar-refractivity contribution in [3.63, 3.8) is 0 Å². The zero-order valence-electron chi connectivity index (χ0n) is 16.6. The fraction of sp³-hybridized carbons (Fsp3) is 0.824. The summed E-state index contributed by atoms with van der Waals surface area (Å²) in [7, 11) is -1.28. The fourth-order valence-corrected chi connectivity index (χ4v) is 5.72. The summed E-state index contributed by atoms with van der Waals surface area (Å²) in [5.41, 5.74) is -1.02. The van der Waals surface area contributed by atoms with E-state index in [1.807, 2.05) is 0 Å². The van der Waals surface area contributed by atoms with E-state index in [0.717, 1.165) is 44.7 Å². The number of aliphatic imine (C=N–C) groups is 1. The summed E-state index contributed by atoms with van der Waals surface area (Å²) in [6.07, 6.45) is 4.64. The number of guanidine groups is 1. The van der Waals surface area contributed by atoms with Crippen LogP contribution in [0.2, 0.25) is 0 Å². The Labute approximate surface area is 183 Å². The summed E-state index contributed by atoms with van der Waals surface area (Å²) < 4.78 is 23.2. The number of likely N-dealkylation sites (tertiary alicyclic amines) is 1.